The third-order valence-electron chi connectivity index (χ3n) is 6.72. The quantitative estimate of drug-likeness (QED) is 0.484. The zero-order valence-corrected chi connectivity index (χ0v) is 21.5. The number of carboxylic acid groups (broad SMARTS) is 1. The molecule has 3 atom stereocenters. The summed E-state index contributed by atoms with van der Waals surface area (Å²) in [6.07, 6.45) is 5.04. The first-order chi connectivity index (χ1) is 17.5. The van der Waals surface area contributed by atoms with Gasteiger partial charge in [0, 0.05) is 31.5 Å². The van der Waals surface area contributed by atoms with Gasteiger partial charge in [-0.15, -0.1) is 0 Å². The molecule has 11 heteroatoms. The second-order valence-corrected chi connectivity index (χ2v) is 10.3. The van der Waals surface area contributed by atoms with Crippen molar-refractivity contribution in [3.63, 3.8) is 0 Å². The average molecular weight is 515 g/mol. The highest BCUT2D eigenvalue weighted by molar-refractivity contribution is 5.99. The van der Waals surface area contributed by atoms with E-state index in [1.165, 1.54) is 37.6 Å². The summed E-state index contributed by atoms with van der Waals surface area (Å²) >= 11 is 0. The van der Waals surface area contributed by atoms with Gasteiger partial charge in [0.05, 0.1) is 26.5 Å². The second-order valence-electron chi connectivity index (χ2n) is 10.3. The lowest BCUT2D eigenvalue weighted by Gasteiger charge is -2.37. The Hall–Kier alpha value is -3.73. The molecule has 198 valence electrons. The molecule has 0 radical (unpaired) electrons. The summed E-state index contributed by atoms with van der Waals surface area (Å²) in [6.45, 7) is 5.24. The normalized spacial score (nSPS) is 23.8. The van der Waals surface area contributed by atoms with E-state index in [2.05, 4.69) is 10.1 Å². The van der Waals surface area contributed by atoms with E-state index in [1.807, 2.05) is 20.8 Å². The number of aromatic nitrogens is 3. The second kappa shape index (κ2) is 9.62. The number of hydrogen-bond acceptors (Lipinski definition) is 7. The van der Waals surface area contributed by atoms with Crippen molar-refractivity contribution >= 4 is 11.9 Å². The van der Waals surface area contributed by atoms with Crippen LogP contribution >= 0.6 is 0 Å². The number of methoxy groups -OCH3 is 2. The molecule has 1 aromatic carbocycles. The van der Waals surface area contributed by atoms with Crippen LogP contribution in [0.3, 0.4) is 0 Å². The number of likely N-dealkylation sites (tertiary alicyclic amines) is 1. The first-order valence-electron chi connectivity index (χ1n) is 11.8. The molecule has 3 aromatic rings. The number of oxazole rings is 1. The molecule has 3 unspecified atom stereocenters. The highest BCUT2D eigenvalue weighted by atomic mass is 19.1. The predicted octanol–water partition coefficient (Wildman–Crippen LogP) is 3.64. The third kappa shape index (κ3) is 4.59. The third-order valence-corrected chi connectivity index (χ3v) is 6.72. The van der Waals surface area contributed by atoms with Gasteiger partial charge >= 0.3 is 5.97 Å². The van der Waals surface area contributed by atoms with E-state index in [4.69, 9.17) is 13.9 Å². The first kappa shape index (κ1) is 26.3. The van der Waals surface area contributed by atoms with E-state index in [0.717, 1.165) is 10.5 Å². The largest absolute Gasteiger partial charge is 0.496 e. The van der Waals surface area contributed by atoms with Crippen LogP contribution in [0.25, 0.3) is 0 Å². The molecule has 1 aliphatic rings. The van der Waals surface area contributed by atoms with Crippen LogP contribution in [0.4, 0.5) is 4.39 Å². The number of carbonyl (C=O) groups is 2. The maximum atomic E-state index is 16.8. The molecular weight excluding hydrogens is 483 g/mol. The van der Waals surface area contributed by atoms with Crippen molar-refractivity contribution in [1.82, 2.24) is 19.7 Å². The fraction of sp³-hybridized carbons (Fsp3) is 0.462. The SMILES string of the molecule is COCC1(F)CC(Cn2cccn2)(C(=O)O)N(C(=O)c2ccc(C(C)(C)C)c(OC)c2)C1c1ncco1. The molecule has 1 amide bonds. The molecular formula is C26H31FN4O6. The van der Waals surface area contributed by atoms with Gasteiger partial charge in [-0.1, -0.05) is 26.8 Å². The lowest BCUT2D eigenvalue weighted by atomic mass is 9.85. The number of rotatable bonds is 8. The number of ether oxygens (including phenoxy) is 2. The monoisotopic (exact) mass is 514 g/mol. The number of carbonyl (C=O) groups excluding carboxylic acids is 1. The van der Waals surface area contributed by atoms with Crippen molar-refractivity contribution in [2.24, 2.45) is 0 Å². The number of nitrogens with zero attached hydrogens (tertiary/aromatic N) is 4. The van der Waals surface area contributed by atoms with Crippen LogP contribution in [0.5, 0.6) is 5.75 Å². The predicted molar refractivity (Wildman–Crippen MR) is 130 cm³/mol. The molecule has 1 saturated heterocycles. The Kier molecular flexibility index (Phi) is 6.85. The number of alkyl halides is 1. The summed E-state index contributed by atoms with van der Waals surface area (Å²) < 4.78 is 34.3. The molecule has 37 heavy (non-hydrogen) atoms. The first-order valence-corrected chi connectivity index (χ1v) is 11.8. The number of aliphatic carboxylic acids is 1. The standard InChI is InChI=1S/C26H31FN4O6/c1-24(2,3)18-8-7-17(13-19(18)36-5)22(32)31-20(21-28-10-12-37-21)25(27,16-35-4)14-26(31,23(33)34)15-30-11-6-9-29-30/h6-13,20H,14-16H2,1-5H3,(H,33,34). The van der Waals surface area contributed by atoms with Gasteiger partial charge in [0.1, 0.15) is 18.1 Å². The molecule has 10 nitrogen and oxygen atoms in total. The Morgan fingerprint density at radius 1 is 1.27 bits per heavy atom. The van der Waals surface area contributed by atoms with E-state index in [9.17, 15) is 14.7 Å². The minimum absolute atomic E-state index is 0.130. The van der Waals surface area contributed by atoms with Gasteiger partial charge in [-0.2, -0.15) is 5.10 Å². The number of halogens is 1. The molecule has 1 fully saturated rings. The summed E-state index contributed by atoms with van der Waals surface area (Å²) in [7, 11) is 2.80. The van der Waals surface area contributed by atoms with Crippen molar-refractivity contribution in [2.45, 2.75) is 56.4 Å². The summed E-state index contributed by atoms with van der Waals surface area (Å²) in [5, 5.41) is 14.7. The Bertz CT molecular complexity index is 1260. The lowest BCUT2D eigenvalue weighted by Crippen LogP contribution is -2.56. The number of carboxylic acids is 1. The van der Waals surface area contributed by atoms with Crippen LogP contribution in [-0.4, -0.2) is 68.7 Å². The average Bonchev–Trinajstić information content (AvgIpc) is 3.58. The van der Waals surface area contributed by atoms with Crippen LogP contribution in [0.1, 0.15) is 55.0 Å². The maximum Gasteiger partial charge on any atom is 0.331 e. The van der Waals surface area contributed by atoms with Crippen molar-refractivity contribution < 1.29 is 33.0 Å². The fourth-order valence-corrected chi connectivity index (χ4v) is 5.15. The van der Waals surface area contributed by atoms with Crippen molar-refractivity contribution in [3.8, 4) is 5.75 Å². The lowest BCUT2D eigenvalue weighted by molar-refractivity contribution is -0.150. The molecule has 0 spiro atoms. The van der Waals surface area contributed by atoms with Crippen LogP contribution in [0.2, 0.25) is 0 Å². The van der Waals surface area contributed by atoms with Crippen molar-refractivity contribution in [1.29, 1.82) is 0 Å². The number of benzene rings is 1. The zero-order valence-electron chi connectivity index (χ0n) is 21.5. The van der Waals surface area contributed by atoms with Crippen LogP contribution in [0.15, 0.2) is 53.5 Å². The van der Waals surface area contributed by atoms with Gasteiger partial charge in [0.25, 0.3) is 5.91 Å². The van der Waals surface area contributed by atoms with E-state index in [1.54, 1.807) is 30.5 Å². The van der Waals surface area contributed by atoms with Gasteiger partial charge in [0.2, 0.25) is 5.89 Å². The molecule has 2 aromatic heterocycles. The fourth-order valence-electron chi connectivity index (χ4n) is 5.15. The highest BCUT2D eigenvalue weighted by Gasteiger charge is 2.68. The van der Waals surface area contributed by atoms with Gasteiger partial charge < -0.3 is 23.9 Å². The smallest absolute Gasteiger partial charge is 0.331 e. The number of hydrogen-bond donors (Lipinski definition) is 1. The zero-order chi connectivity index (χ0) is 27.0. The van der Waals surface area contributed by atoms with Crippen LogP contribution in [0, 0.1) is 0 Å². The molecule has 1 N–H and O–H groups in total. The van der Waals surface area contributed by atoms with E-state index >= 15 is 4.39 Å². The summed E-state index contributed by atoms with van der Waals surface area (Å²) in [4.78, 5) is 32.3. The van der Waals surface area contributed by atoms with Gasteiger partial charge in [-0.25, -0.2) is 14.2 Å². The number of amides is 1. The minimum Gasteiger partial charge on any atom is -0.496 e. The molecule has 0 aliphatic carbocycles. The van der Waals surface area contributed by atoms with Gasteiger partial charge in [0.15, 0.2) is 11.2 Å². The van der Waals surface area contributed by atoms with Crippen LogP contribution < -0.4 is 4.74 Å². The Morgan fingerprint density at radius 2 is 2.03 bits per heavy atom. The Labute approximate surface area is 214 Å². The van der Waals surface area contributed by atoms with Gasteiger partial charge in [-0.3, -0.25) is 9.48 Å². The molecule has 0 bridgehead atoms. The van der Waals surface area contributed by atoms with Crippen LogP contribution in [-0.2, 0) is 21.5 Å². The summed E-state index contributed by atoms with van der Waals surface area (Å²) in [5.74, 6) is -1.77. The van der Waals surface area contributed by atoms with E-state index in [0.29, 0.717) is 5.75 Å². The molecule has 4 rings (SSSR count). The molecule has 0 saturated carbocycles. The van der Waals surface area contributed by atoms with Gasteiger partial charge in [-0.05, 0) is 29.2 Å². The minimum atomic E-state index is -2.32. The van der Waals surface area contributed by atoms with E-state index < -0.39 is 42.2 Å². The Morgan fingerprint density at radius 3 is 2.57 bits per heavy atom. The highest BCUT2D eigenvalue weighted by Crippen LogP contribution is 2.53. The van der Waals surface area contributed by atoms with Crippen molar-refractivity contribution in [3.05, 3.63) is 66.1 Å². The summed E-state index contributed by atoms with van der Waals surface area (Å²) in [6, 6.07) is 5.04. The van der Waals surface area contributed by atoms with E-state index in [-0.39, 0.29) is 23.4 Å². The topological polar surface area (TPSA) is 120 Å². The molecule has 1 aliphatic heterocycles. The summed E-state index contributed by atoms with van der Waals surface area (Å²) in [5.41, 5.74) is -3.65. The van der Waals surface area contributed by atoms with Crippen molar-refractivity contribution in [2.75, 3.05) is 20.8 Å². The Balaban J connectivity index is 1.93. The maximum absolute atomic E-state index is 16.8. The molecule has 3 heterocycles.